The predicted octanol–water partition coefficient (Wildman–Crippen LogP) is 1.78. The second kappa shape index (κ2) is 6.58. The van der Waals surface area contributed by atoms with Crippen molar-refractivity contribution in [3.8, 4) is 0 Å². The van der Waals surface area contributed by atoms with Gasteiger partial charge in [0.05, 0.1) is 11.0 Å². The maximum absolute atomic E-state index is 12.2. The summed E-state index contributed by atoms with van der Waals surface area (Å²) in [6, 6.07) is 6.27. The number of nitrogens with one attached hydrogen (secondary N) is 1. The summed E-state index contributed by atoms with van der Waals surface area (Å²) in [5.74, 6) is -0.221. The third-order valence-electron chi connectivity index (χ3n) is 3.87. The molecule has 1 amide bonds. The van der Waals surface area contributed by atoms with Crippen molar-refractivity contribution in [3.63, 3.8) is 0 Å². The summed E-state index contributed by atoms with van der Waals surface area (Å²) in [7, 11) is -1.59. The van der Waals surface area contributed by atoms with Crippen LogP contribution in [0, 0.1) is 0 Å². The lowest BCUT2D eigenvalue weighted by atomic mass is 9.93. The van der Waals surface area contributed by atoms with Gasteiger partial charge in [0, 0.05) is 25.0 Å². The third-order valence-corrected chi connectivity index (χ3v) is 4.98. The van der Waals surface area contributed by atoms with E-state index in [-0.39, 0.29) is 22.9 Å². The predicted molar refractivity (Wildman–Crippen MR) is 80.1 cm³/mol. The van der Waals surface area contributed by atoms with Gasteiger partial charge in [-0.2, -0.15) is 0 Å². The smallest absolute Gasteiger partial charge is 0.251 e. The molecular formula is C15H21NO4S. The monoisotopic (exact) mass is 311 g/mol. The van der Waals surface area contributed by atoms with Gasteiger partial charge >= 0.3 is 0 Å². The summed E-state index contributed by atoms with van der Waals surface area (Å²) >= 11 is 0. The lowest BCUT2D eigenvalue weighted by Crippen LogP contribution is -2.38. The summed E-state index contributed by atoms with van der Waals surface area (Å²) in [5, 5.41) is 2.97. The Labute approximate surface area is 125 Å². The minimum Gasteiger partial charge on any atom is -0.381 e. The van der Waals surface area contributed by atoms with Crippen LogP contribution < -0.4 is 5.32 Å². The number of amides is 1. The van der Waals surface area contributed by atoms with Gasteiger partial charge in [-0.3, -0.25) is 4.79 Å². The van der Waals surface area contributed by atoms with Crippen molar-refractivity contribution in [2.24, 2.45) is 0 Å². The van der Waals surface area contributed by atoms with E-state index in [4.69, 9.17) is 4.74 Å². The molecule has 1 aromatic rings. The van der Waals surface area contributed by atoms with Crippen molar-refractivity contribution in [2.45, 2.75) is 42.7 Å². The highest BCUT2D eigenvalue weighted by atomic mass is 32.2. The number of hydrogen-bond acceptors (Lipinski definition) is 4. The van der Waals surface area contributed by atoms with E-state index < -0.39 is 9.84 Å². The summed E-state index contributed by atoms with van der Waals surface area (Å²) in [6.45, 7) is 0. The number of carbonyl (C=O) groups excluding carboxylic acids is 1. The minimum absolute atomic E-state index is 0.130. The first-order valence-electron chi connectivity index (χ1n) is 7.04. The summed E-state index contributed by atoms with van der Waals surface area (Å²) in [4.78, 5) is 12.4. The molecule has 21 heavy (non-hydrogen) atoms. The normalized spacial score (nSPS) is 22.8. The van der Waals surface area contributed by atoms with Gasteiger partial charge in [-0.1, -0.05) is 6.07 Å². The molecule has 1 aromatic carbocycles. The summed E-state index contributed by atoms with van der Waals surface area (Å²) in [6.07, 6.45) is 5.06. The molecule has 1 N–H and O–H groups in total. The van der Waals surface area contributed by atoms with Gasteiger partial charge in [0.2, 0.25) is 0 Å². The van der Waals surface area contributed by atoms with Crippen molar-refractivity contribution >= 4 is 15.7 Å². The highest BCUT2D eigenvalue weighted by Gasteiger charge is 2.22. The molecule has 0 radical (unpaired) electrons. The molecule has 6 heteroatoms. The Balaban J connectivity index is 2.01. The molecule has 0 aliphatic heterocycles. The lowest BCUT2D eigenvalue weighted by Gasteiger charge is -2.28. The molecule has 5 nitrogen and oxygen atoms in total. The van der Waals surface area contributed by atoms with E-state index in [0.717, 1.165) is 31.9 Å². The quantitative estimate of drug-likeness (QED) is 0.920. The molecule has 116 valence electrons. The molecule has 0 saturated heterocycles. The van der Waals surface area contributed by atoms with Gasteiger partial charge in [-0.25, -0.2) is 8.42 Å². The van der Waals surface area contributed by atoms with Crippen LogP contribution in [0.15, 0.2) is 29.2 Å². The first-order chi connectivity index (χ1) is 9.90. The average Bonchev–Trinajstić information content (AvgIpc) is 2.47. The number of methoxy groups -OCH3 is 1. The van der Waals surface area contributed by atoms with Gasteiger partial charge in [-0.15, -0.1) is 0 Å². The second-order valence-electron chi connectivity index (χ2n) is 5.48. The Morgan fingerprint density at radius 1 is 1.24 bits per heavy atom. The van der Waals surface area contributed by atoms with E-state index in [9.17, 15) is 13.2 Å². The van der Waals surface area contributed by atoms with Crippen molar-refractivity contribution in [2.75, 3.05) is 13.4 Å². The Hall–Kier alpha value is -1.40. The Kier molecular flexibility index (Phi) is 5.00. The molecule has 1 saturated carbocycles. The van der Waals surface area contributed by atoms with Crippen molar-refractivity contribution in [1.29, 1.82) is 0 Å². The summed E-state index contributed by atoms with van der Waals surface area (Å²) < 4.78 is 28.3. The zero-order valence-corrected chi connectivity index (χ0v) is 13.2. The molecule has 0 unspecified atom stereocenters. The van der Waals surface area contributed by atoms with Crippen molar-refractivity contribution in [3.05, 3.63) is 29.8 Å². The first kappa shape index (κ1) is 16.0. The average molecular weight is 311 g/mol. The molecule has 1 aliphatic rings. The van der Waals surface area contributed by atoms with Crippen LogP contribution in [-0.2, 0) is 14.6 Å². The molecule has 0 spiro atoms. The van der Waals surface area contributed by atoms with Gasteiger partial charge in [0.25, 0.3) is 5.91 Å². The third kappa shape index (κ3) is 4.28. The van der Waals surface area contributed by atoms with Crippen molar-refractivity contribution in [1.82, 2.24) is 5.32 Å². The second-order valence-corrected chi connectivity index (χ2v) is 7.50. The Bertz CT molecular complexity index is 604. The van der Waals surface area contributed by atoms with Crippen LogP contribution in [0.2, 0.25) is 0 Å². The largest absolute Gasteiger partial charge is 0.381 e. The van der Waals surface area contributed by atoms with E-state index >= 15 is 0 Å². The standard InChI is InChI=1S/C15H21NO4S/c1-20-13-8-6-12(7-9-13)16-15(17)11-4-3-5-14(10-11)21(2,18)19/h3-5,10,12-13H,6-9H2,1-2H3,(H,16,17). The van der Waals surface area contributed by atoms with Crippen LogP contribution in [-0.4, -0.2) is 39.8 Å². The van der Waals surface area contributed by atoms with Crippen LogP contribution in [0.4, 0.5) is 0 Å². The molecule has 0 heterocycles. The fourth-order valence-electron chi connectivity index (χ4n) is 2.58. The molecule has 1 fully saturated rings. The molecule has 1 aliphatic carbocycles. The van der Waals surface area contributed by atoms with E-state index in [0.29, 0.717) is 5.56 Å². The van der Waals surface area contributed by atoms with Crippen LogP contribution in [0.3, 0.4) is 0 Å². The number of sulfone groups is 1. The number of hydrogen-bond donors (Lipinski definition) is 1. The maximum Gasteiger partial charge on any atom is 0.251 e. The minimum atomic E-state index is -3.30. The summed E-state index contributed by atoms with van der Waals surface area (Å²) in [5.41, 5.74) is 0.381. The topological polar surface area (TPSA) is 72.5 Å². The Morgan fingerprint density at radius 2 is 1.90 bits per heavy atom. The van der Waals surface area contributed by atoms with E-state index in [1.54, 1.807) is 19.2 Å². The molecular weight excluding hydrogens is 290 g/mol. The highest BCUT2D eigenvalue weighted by molar-refractivity contribution is 7.90. The molecule has 0 aromatic heterocycles. The van der Waals surface area contributed by atoms with E-state index in [1.807, 2.05) is 0 Å². The fourth-order valence-corrected chi connectivity index (χ4v) is 3.25. The van der Waals surface area contributed by atoms with Gasteiger partial charge < -0.3 is 10.1 Å². The molecule has 2 rings (SSSR count). The molecule has 0 bridgehead atoms. The van der Waals surface area contributed by atoms with Gasteiger partial charge in [-0.05, 0) is 43.9 Å². The Morgan fingerprint density at radius 3 is 2.48 bits per heavy atom. The number of benzene rings is 1. The SMILES string of the molecule is COC1CCC(NC(=O)c2cccc(S(C)(=O)=O)c2)CC1. The zero-order chi connectivity index (χ0) is 15.5. The van der Waals surface area contributed by atoms with Crippen LogP contribution in [0.25, 0.3) is 0 Å². The number of rotatable bonds is 4. The number of ether oxygens (including phenoxy) is 1. The highest BCUT2D eigenvalue weighted by Crippen LogP contribution is 2.21. The first-order valence-corrected chi connectivity index (χ1v) is 8.93. The maximum atomic E-state index is 12.2. The fraction of sp³-hybridized carbons (Fsp3) is 0.533. The van der Waals surface area contributed by atoms with E-state index in [1.165, 1.54) is 12.1 Å². The zero-order valence-electron chi connectivity index (χ0n) is 12.3. The number of carbonyl (C=O) groups is 1. The van der Waals surface area contributed by atoms with Gasteiger partial charge in [0.1, 0.15) is 0 Å². The van der Waals surface area contributed by atoms with Crippen molar-refractivity contribution < 1.29 is 17.9 Å². The van der Waals surface area contributed by atoms with Crippen LogP contribution in [0.5, 0.6) is 0 Å². The van der Waals surface area contributed by atoms with Crippen LogP contribution in [0.1, 0.15) is 36.0 Å². The van der Waals surface area contributed by atoms with Gasteiger partial charge in [0.15, 0.2) is 9.84 Å². The molecule has 0 atom stereocenters. The van der Waals surface area contributed by atoms with E-state index in [2.05, 4.69) is 5.32 Å². The lowest BCUT2D eigenvalue weighted by molar-refractivity contribution is 0.0599. The van der Waals surface area contributed by atoms with Crippen LogP contribution >= 0.6 is 0 Å².